The molecule has 0 aliphatic heterocycles. The van der Waals surface area contributed by atoms with Crippen LogP contribution in [0.25, 0.3) is 11.0 Å². The number of carbonyl (C=O) groups is 1. The lowest BCUT2D eigenvalue weighted by Gasteiger charge is -2.12. The molecule has 1 heterocycles. The van der Waals surface area contributed by atoms with Crippen LogP contribution in [0.2, 0.25) is 0 Å². The summed E-state index contributed by atoms with van der Waals surface area (Å²) in [6.45, 7) is -0.419. The van der Waals surface area contributed by atoms with Crippen molar-refractivity contribution >= 4 is 22.6 Å². The van der Waals surface area contributed by atoms with Gasteiger partial charge in [0.1, 0.15) is 0 Å². The largest absolute Gasteiger partial charge is 0.493 e. The second-order valence-corrected chi connectivity index (χ2v) is 6.21. The van der Waals surface area contributed by atoms with Crippen LogP contribution >= 0.6 is 0 Å². The molecule has 0 fully saturated rings. The normalized spacial score (nSPS) is 11.1. The van der Waals surface area contributed by atoms with Gasteiger partial charge in [-0.2, -0.15) is 8.78 Å². The molecule has 0 unspecified atom stereocenters. The van der Waals surface area contributed by atoms with Crippen LogP contribution in [0.4, 0.5) is 14.5 Å². The van der Waals surface area contributed by atoms with E-state index in [1.807, 2.05) is 31.2 Å². The fourth-order valence-corrected chi connectivity index (χ4v) is 3.17. The summed E-state index contributed by atoms with van der Waals surface area (Å²) in [5.41, 5.74) is 1.67. The van der Waals surface area contributed by atoms with Crippen LogP contribution in [0.5, 0.6) is 11.5 Å². The number of carbonyl (C=O) groups excluding carboxylic acids is 1. The molecule has 154 valence electrons. The second-order valence-electron chi connectivity index (χ2n) is 6.21. The maximum atomic E-state index is 12.6. The number of para-hydroxylation sites is 2. The molecular formula is C20H21F2N3O4. The van der Waals surface area contributed by atoms with Gasteiger partial charge >= 0.3 is 12.3 Å². The highest BCUT2D eigenvalue weighted by molar-refractivity contribution is 5.91. The number of amides is 1. The van der Waals surface area contributed by atoms with Gasteiger partial charge < -0.3 is 14.8 Å². The van der Waals surface area contributed by atoms with Gasteiger partial charge in [-0.05, 0) is 31.2 Å². The molecule has 3 aromatic rings. The third-order valence-electron chi connectivity index (χ3n) is 4.47. The summed E-state index contributed by atoms with van der Waals surface area (Å²) >= 11 is 0. The van der Waals surface area contributed by atoms with E-state index in [2.05, 4.69) is 10.1 Å². The maximum absolute atomic E-state index is 12.6. The highest BCUT2D eigenvalue weighted by Gasteiger charge is 2.15. The monoisotopic (exact) mass is 405 g/mol. The van der Waals surface area contributed by atoms with Crippen molar-refractivity contribution in [1.82, 2.24) is 9.13 Å². The number of alkyl halides is 2. The SMILES string of the molecule is CCn1c(=O)n(CCC(=O)Nc2ccc(OC)c(OC(F)F)c2)c2ccccc21. The summed E-state index contributed by atoms with van der Waals surface area (Å²) < 4.78 is 37.6. The van der Waals surface area contributed by atoms with E-state index in [0.717, 1.165) is 11.0 Å². The Kier molecular flexibility index (Phi) is 6.16. The number of fused-ring (bicyclic) bond motifs is 1. The molecule has 29 heavy (non-hydrogen) atoms. The van der Waals surface area contributed by atoms with Gasteiger partial charge in [-0.1, -0.05) is 12.1 Å². The first-order valence-corrected chi connectivity index (χ1v) is 9.05. The zero-order valence-electron chi connectivity index (χ0n) is 16.0. The van der Waals surface area contributed by atoms with E-state index in [1.54, 1.807) is 9.13 Å². The first-order chi connectivity index (χ1) is 13.9. The Morgan fingerprint density at radius 1 is 1.10 bits per heavy atom. The van der Waals surface area contributed by atoms with Gasteiger partial charge in [-0.3, -0.25) is 13.9 Å². The molecular weight excluding hydrogens is 384 g/mol. The summed E-state index contributed by atoms with van der Waals surface area (Å²) in [5.74, 6) is -0.414. The molecule has 0 saturated heterocycles. The van der Waals surface area contributed by atoms with Crippen molar-refractivity contribution in [3.05, 3.63) is 52.9 Å². The molecule has 7 nitrogen and oxygen atoms in total. The van der Waals surface area contributed by atoms with Gasteiger partial charge in [-0.15, -0.1) is 0 Å². The van der Waals surface area contributed by atoms with E-state index in [9.17, 15) is 18.4 Å². The molecule has 0 spiro atoms. The third-order valence-corrected chi connectivity index (χ3v) is 4.47. The lowest BCUT2D eigenvalue weighted by molar-refractivity contribution is -0.116. The van der Waals surface area contributed by atoms with Crippen LogP contribution in [-0.4, -0.2) is 28.8 Å². The number of halogens is 2. The Balaban J connectivity index is 1.73. The number of methoxy groups -OCH3 is 1. The number of imidazole rings is 1. The Morgan fingerprint density at radius 3 is 2.41 bits per heavy atom. The highest BCUT2D eigenvalue weighted by Crippen LogP contribution is 2.31. The number of aryl methyl sites for hydroxylation is 2. The van der Waals surface area contributed by atoms with Gasteiger partial charge in [0.15, 0.2) is 11.5 Å². The molecule has 0 aliphatic carbocycles. The summed E-state index contributed by atoms with van der Waals surface area (Å²) in [6, 6.07) is 11.6. The van der Waals surface area contributed by atoms with E-state index in [4.69, 9.17) is 4.74 Å². The van der Waals surface area contributed by atoms with Crippen LogP contribution < -0.4 is 20.5 Å². The minimum atomic E-state index is -3.02. The number of rotatable bonds is 8. The molecule has 3 rings (SSSR count). The first-order valence-electron chi connectivity index (χ1n) is 9.05. The summed E-state index contributed by atoms with van der Waals surface area (Å²) in [7, 11) is 1.33. The van der Waals surface area contributed by atoms with Crippen molar-refractivity contribution in [2.24, 2.45) is 0 Å². The highest BCUT2D eigenvalue weighted by atomic mass is 19.3. The fourth-order valence-electron chi connectivity index (χ4n) is 3.17. The van der Waals surface area contributed by atoms with E-state index >= 15 is 0 Å². The number of nitrogens with one attached hydrogen (secondary N) is 1. The molecule has 9 heteroatoms. The van der Waals surface area contributed by atoms with Gasteiger partial charge in [0.05, 0.1) is 18.1 Å². The molecule has 1 amide bonds. The number of hydrogen-bond acceptors (Lipinski definition) is 4. The quantitative estimate of drug-likeness (QED) is 0.623. The van der Waals surface area contributed by atoms with Crippen molar-refractivity contribution in [3.63, 3.8) is 0 Å². The molecule has 0 atom stereocenters. The average Bonchev–Trinajstić information content (AvgIpc) is 2.96. The van der Waals surface area contributed by atoms with Crippen molar-refractivity contribution < 1.29 is 23.0 Å². The molecule has 0 aliphatic rings. The van der Waals surface area contributed by atoms with Crippen LogP contribution in [0.3, 0.4) is 0 Å². The zero-order valence-corrected chi connectivity index (χ0v) is 16.0. The second kappa shape index (κ2) is 8.76. The van der Waals surface area contributed by atoms with Gasteiger partial charge in [0.2, 0.25) is 5.91 Å². The summed E-state index contributed by atoms with van der Waals surface area (Å²) in [6.07, 6.45) is 0.0364. The Labute approximate surface area is 165 Å². The number of ether oxygens (including phenoxy) is 2. The number of nitrogens with zero attached hydrogens (tertiary/aromatic N) is 2. The Hall–Kier alpha value is -3.36. The van der Waals surface area contributed by atoms with E-state index in [-0.39, 0.29) is 41.7 Å². The van der Waals surface area contributed by atoms with Crippen molar-refractivity contribution in [2.45, 2.75) is 33.0 Å². The molecule has 2 aromatic carbocycles. The number of benzene rings is 2. The number of hydrogen-bond donors (Lipinski definition) is 1. The van der Waals surface area contributed by atoms with Crippen molar-refractivity contribution in [1.29, 1.82) is 0 Å². The average molecular weight is 405 g/mol. The zero-order chi connectivity index (χ0) is 21.0. The van der Waals surface area contributed by atoms with Gasteiger partial charge in [0.25, 0.3) is 0 Å². The van der Waals surface area contributed by atoms with Crippen molar-refractivity contribution in [3.8, 4) is 11.5 Å². The number of anilines is 1. The number of aromatic nitrogens is 2. The first kappa shape index (κ1) is 20.4. The van der Waals surface area contributed by atoms with E-state index in [1.165, 1.54) is 25.3 Å². The molecule has 1 aromatic heterocycles. The van der Waals surface area contributed by atoms with Crippen molar-refractivity contribution in [2.75, 3.05) is 12.4 Å². The predicted molar refractivity (Wildman–Crippen MR) is 105 cm³/mol. The molecule has 0 saturated carbocycles. The van der Waals surface area contributed by atoms with Crippen LogP contribution in [-0.2, 0) is 17.9 Å². The summed E-state index contributed by atoms with van der Waals surface area (Å²) in [4.78, 5) is 24.9. The molecule has 0 bridgehead atoms. The Bertz CT molecular complexity index is 1080. The standard InChI is InChI=1S/C20H21F2N3O4/c1-3-24-14-6-4-5-7-15(14)25(20(24)27)11-10-18(26)23-13-8-9-16(28-2)17(12-13)29-19(21)22/h4-9,12,19H,3,10-11H2,1-2H3,(H,23,26). The smallest absolute Gasteiger partial charge is 0.387 e. The van der Waals surface area contributed by atoms with Gasteiger partial charge in [-0.25, -0.2) is 4.79 Å². The van der Waals surface area contributed by atoms with Crippen LogP contribution in [0.1, 0.15) is 13.3 Å². The molecule has 0 radical (unpaired) electrons. The molecule has 1 N–H and O–H groups in total. The minimum absolute atomic E-state index is 0.0364. The van der Waals surface area contributed by atoms with E-state index in [0.29, 0.717) is 6.54 Å². The lowest BCUT2D eigenvalue weighted by Crippen LogP contribution is -2.25. The fraction of sp³-hybridized carbons (Fsp3) is 0.300. The summed E-state index contributed by atoms with van der Waals surface area (Å²) in [5, 5.41) is 2.62. The third kappa shape index (κ3) is 4.39. The predicted octanol–water partition coefficient (Wildman–Crippen LogP) is 3.46. The maximum Gasteiger partial charge on any atom is 0.387 e. The Morgan fingerprint density at radius 2 is 1.79 bits per heavy atom. The minimum Gasteiger partial charge on any atom is -0.493 e. The van der Waals surface area contributed by atoms with Gasteiger partial charge in [0, 0.05) is 31.3 Å². The van der Waals surface area contributed by atoms with Crippen LogP contribution in [0.15, 0.2) is 47.3 Å². The topological polar surface area (TPSA) is 74.5 Å². The van der Waals surface area contributed by atoms with Crippen LogP contribution in [0, 0.1) is 0 Å². The van der Waals surface area contributed by atoms with E-state index < -0.39 is 6.61 Å². The lowest BCUT2D eigenvalue weighted by atomic mass is 10.2.